The van der Waals surface area contributed by atoms with Gasteiger partial charge in [0.1, 0.15) is 0 Å². The van der Waals surface area contributed by atoms with Crippen LogP contribution in [-0.4, -0.2) is 17.2 Å². The van der Waals surface area contributed by atoms with E-state index in [1.165, 1.54) is 0 Å². The molecule has 0 bridgehead atoms. The smallest absolute Gasteiger partial charge is 0.335 e. The van der Waals surface area contributed by atoms with Gasteiger partial charge in [-0.3, -0.25) is 0 Å². The monoisotopic (exact) mass is 298 g/mol. The molecule has 0 aliphatic heterocycles. The van der Waals surface area contributed by atoms with Gasteiger partial charge in [-0.2, -0.15) is 0 Å². The summed E-state index contributed by atoms with van der Waals surface area (Å²) in [5.41, 5.74) is -0.356. The van der Waals surface area contributed by atoms with Crippen molar-refractivity contribution in [3.8, 4) is 5.75 Å². The van der Waals surface area contributed by atoms with E-state index in [1.807, 2.05) is 0 Å². The topological polar surface area (TPSA) is 46.5 Å². The van der Waals surface area contributed by atoms with Crippen molar-refractivity contribution in [2.24, 2.45) is 11.3 Å². The predicted molar refractivity (Wildman–Crippen MR) is 74.5 cm³/mol. The van der Waals surface area contributed by atoms with Crippen LogP contribution in [0, 0.1) is 23.0 Å². The Morgan fingerprint density at radius 2 is 1.86 bits per heavy atom. The SMILES string of the molecule is CC1CC(Oc2c(F)cc(C(=O)O)cc2F)CC(C)(C)C1. The number of ether oxygens (including phenoxy) is 1. The molecule has 1 aliphatic rings. The van der Waals surface area contributed by atoms with Crippen LogP contribution in [0.4, 0.5) is 8.78 Å². The van der Waals surface area contributed by atoms with Gasteiger partial charge < -0.3 is 9.84 Å². The highest BCUT2D eigenvalue weighted by Crippen LogP contribution is 2.40. The molecular weight excluding hydrogens is 278 g/mol. The molecule has 5 heteroatoms. The zero-order valence-electron chi connectivity index (χ0n) is 12.5. The molecule has 0 radical (unpaired) electrons. The first-order valence-electron chi connectivity index (χ1n) is 7.07. The lowest BCUT2D eigenvalue weighted by molar-refractivity contribution is 0.0507. The number of rotatable bonds is 3. The molecule has 0 saturated heterocycles. The standard InChI is InChI=1S/C16H20F2O3/c1-9-4-11(8-16(2,3)7-9)21-14-12(17)5-10(15(19)20)6-13(14)18/h5-6,9,11H,4,7-8H2,1-3H3,(H,19,20). The normalized spacial score (nSPS) is 24.6. The van der Waals surface area contributed by atoms with Crippen molar-refractivity contribution < 1.29 is 23.4 Å². The van der Waals surface area contributed by atoms with Crippen LogP contribution < -0.4 is 4.74 Å². The van der Waals surface area contributed by atoms with E-state index in [9.17, 15) is 13.6 Å². The molecule has 1 aromatic rings. The second-order valence-electron chi connectivity index (χ2n) is 6.73. The van der Waals surface area contributed by atoms with Gasteiger partial charge in [0, 0.05) is 0 Å². The molecule has 0 aromatic heterocycles. The summed E-state index contributed by atoms with van der Waals surface area (Å²) in [5, 5.41) is 8.78. The van der Waals surface area contributed by atoms with Gasteiger partial charge >= 0.3 is 5.97 Å². The lowest BCUT2D eigenvalue weighted by Crippen LogP contribution is -2.34. The molecule has 1 saturated carbocycles. The molecule has 1 aromatic carbocycles. The minimum absolute atomic E-state index is 0.0658. The highest BCUT2D eigenvalue weighted by Gasteiger charge is 2.34. The quantitative estimate of drug-likeness (QED) is 0.907. The maximum atomic E-state index is 13.9. The van der Waals surface area contributed by atoms with Crippen LogP contribution in [0.5, 0.6) is 5.75 Å². The van der Waals surface area contributed by atoms with Crippen molar-refractivity contribution in [1.29, 1.82) is 0 Å². The zero-order valence-corrected chi connectivity index (χ0v) is 12.5. The Hall–Kier alpha value is -1.65. The number of halogens is 2. The van der Waals surface area contributed by atoms with Crippen LogP contribution in [0.3, 0.4) is 0 Å². The Labute approximate surface area is 122 Å². The van der Waals surface area contributed by atoms with E-state index in [2.05, 4.69) is 20.8 Å². The van der Waals surface area contributed by atoms with Crippen LogP contribution in [0.25, 0.3) is 0 Å². The fourth-order valence-electron chi connectivity index (χ4n) is 3.31. The molecule has 1 aliphatic carbocycles. The van der Waals surface area contributed by atoms with E-state index in [1.54, 1.807) is 0 Å². The van der Waals surface area contributed by atoms with E-state index < -0.39 is 28.9 Å². The van der Waals surface area contributed by atoms with Crippen molar-refractivity contribution in [1.82, 2.24) is 0 Å². The third kappa shape index (κ3) is 3.71. The van der Waals surface area contributed by atoms with Gasteiger partial charge in [0.05, 0.1) is 11.7 Å². The van der Waals surface area contributed by atoms with Gasteiger partial charge in [-0.15, -0.1) is 0 Å². The van der Waals surface area contributed by atoms with Gasteiger partial charge in [0.15, 0.2) is 17.4 Å². The maximum Gasteiger partial charge on any atom is 0.335 e. The Kier molecular flexibility index (Phi) is 4.21. The fourth-order valence-corrected chi connectivity index (χ4v) is 3.31. The summed E-state index contributed by atoms with van der Waals surface area (Å²) in [6, 6.07) is 1.58. The highest BCUT2D eigenvalue weighted by atomic mass is 19.1. The highest BCUT2D eigenvalue weighted by molar-refractivity contribution is 5.87. The number of aromatic carboxylic acids is 1. The van der Waals surface area contributed by atoms with E-state index in [0.29, 0.717) is 5.92 Å². The Morgan fingerprint density at radius 3 is 2.33 bits per heavy atom. The van der Waals surface area contributed by atoms with E-state index in [4.69, 9.17) is 9.84 Å². The lowest BCUT2D eigenvalue weighted by atomic mass is 9.71. The summed E-state index contributed by atoms with van der Waals surface area (Å²) in [6.45, 7) is 6.32. The van der Waals surface area contributed by atoms with Crippen LogP contribution in [0.15, 0.2) is 12.1 Å². The molecule has 1 fully saturated rings. The third-order valence-corrected chi connectivity index (χ3v) is 3.88. The maximum absolute atomic E-state index is 13.9. The number of hydrogen-bond donors (Lipinski definition) is 1. The average Bonchev–Trinajstić information content (AvgIpc) is 2.30. The lowest BCUT2D eigenvalue weighted by Gasteiger charge is -2.38. The Morgan fingerprint density at radius 1 is 1.29 bits per heavy atom. The minimum atomic E-state index is -1.37. The minimum Gasteiger partial charge on any atom is -0.484 e. The summed E-state index contributed by atoms with van der Waals surface area (Å²) in [7, 11) is 0. The first-order chi connectivity index (χ1) is 9.68. The molecule has 1 N–H and O–H groups in total. The number of hydrogen-bond acceptors (Lipinski definition) is 2. The molecule has 0 heterocycles. The molecular formula is C16H20F2O3. The molecule has 2 atom stereocenters. The number of carboxylic acid groups (broad SMARTS) is 1. The summed E-state index contributed by atoms with van der Waals surface area (Å²) in [6.07, 6.45) is 2.25. The first-order valence-corrected chi connectivity index (χ1v) is 7.07. The molecule has 0 spiro atoms. The van der Waals surface area contributed by atoms with E-state index >= 15 is 0 Å². The van der Waals surface area contributed by atoms with Gasteiger partial charge in [-0.05, 0) is 42.7 Å². The van der Waals surface area contributed by atoms with Crippen LogP contribution in [-0.2, 0) is 0 Å². The number of carbonyl (C=O) groups is 1. The Bertz CT molecular complexity index is 531. The second kappa shape index (κ2) is 5.62. The molecule has 2 unspecified atom stereocenters. The van der Waals surface area contributed by atoms with Crippen molar-refractivity contribution >= 4 is 5.97 Å². The summed E-state index contributed by atoms with van der Waals surface area (Å²) in [5.74, 6) is -3.36. The largest absolute Gasteiger partial charge is 0.484 e. The van der Waals surface area contributed by atoms with Gasteiger partial charge in [-0.1, -0.05) is 20.8 Å². The summed E-state index contributed by atoms with van der Waals surface area (Å²) < 4.78 is 33.3. The zero-order chi connectivity index (χ0) is 15.8. The predicted octanol–water partition coefficient (Wildman–Crippen LogP) is 4.26. The van der Waals surface area contributed by atoms with Gasteiger partial charge in [0.25, 0.3) is 0 Å². The Balaban J connectivity index is 2.22. The number of carboxylic acids is 1. The molecule has 116 valence electrons. The van der Waals surface area contributed by atoms with Crippen molar-refractivity contribution in [3.63, 3.8) is 0 Å². The van der Waals surface area contributed by atoms with E-state index in [-0.39, 0.29) is 11.5 Å². The van der Waals surface area contributed by atoms with E-state index in [0.717, 1.165) is 31.4 Å². The fraction of sp³-hybridized carbons (Fsp3) is 0.562. The van der Waals surface area contributed by atoms with Gasteiger partial charge in [-0.25, -0.2) is 13.6 Å². The third-order valence-electron chi connectivity index (χ3n) is 3.88. The molecule has 3 nitrogen and oxygen atoms in total. The van der Waals surface area contributed by atoms with Crippen molar-refractivity contribution in [2.75, 3.05) is 0 Å². The second-order valence-corrected chi connectivity index (χ2v) is 6.73. The van der Waals surface area contributed by atoms with Gasteiger partial charge in [0.2, 0.25) is 0 Å². The average molecular weight is 298 g/mol. The molecule has 21 heavy (non-hydrogen) atoms. The molecule has 0 amide bonds. The summed E-state index contributed by atoms with van der Waals surface area (Å²) >= 11 is 0. The van der Waals surface area contributed by atoms with Crippen molar-refractivity contribution in [2.45, 2.75) is 46.1 Å². The van der Waals surface area contributed by atoms with Crippen LogP contribution >= 0.6 is 0 Å². The van der Waals surface area contributed by atoms with Crippen LogP contribution in [0.1, 0.15) is 50.4 Å². The summed E-state index contributed by atoms with van der Waals surface area (Å²) in [4.78, 5) is 10.8. The molecule has 2 rings (SSSR count). The number of benzene rings is 1. The van der Waals surface area contributed by atoms with Crippen LogP contribution in [0.2, 0.25) is 0 Å². The van der Waals surface area contributed by atoms with Crippen molar-refractivity contribution in [3.05, 3.63) is 29.3 Å². The first kappa shape index (κ1) is 15.7.